The number of pyridine rings is 1. The van der Waals surface area contributed by atoms with Crippen LogP contribution in [0.4, 0.5) is 16.2 Å². The third-order valence-corrected chi connectivity index (χ3v) is 10.7. The number of anilines is 2. The number of rotatable bonds is 18. The Balaban J connectivity index is 0.844. The van der Waals surface area contributed by atoms with E-state index in [4.69, 9.17) is 9.47 Å². The predicted octanol–water partition coefficient (Wildman–Crippen LogP) is 6.40. The average molecular weight is 819 g/mol. The van der Waals surface area contributed by atoms with Gasteiger partial charge < -0.3 is 45.1 Å². The molecule has 60 heavy (non-hydrogen) atoms. The van der Waals surface area contributed by atoms with Crippen molar-refractivity contribution in [2.75, 3.05) is 57.5 Å². The highest BCUT2D eigenvalue weighted by molar-refractivity contribution is 5.93. The number of aromatic nitrogens is 1. The zero-order valence-corrected chi connectivity index (χ0v) is 34.1. The number of carbonyl (C=O) groups excluding carboxylic acids is 3. The summed E-state index contributed by atoms with van der Waals surface area (Å²) in [6, 6.07) is 29.0. The van der Waals surface area contributed by atoms with Crippen molar-refractivity contribution in [2.24, 2.45) is 0 Å². The molecule has 5 aromatic rings. The van der Waals surface area contributed by atoms with E-state index in [1.54, 1.807) is 30.1 Å². The van der Waals surface area contributed by atoms with E-state index in [9.17, 15) is 29.4 Å². The monoisotopic (exact) mass is 818 g/mol. The van der Waals surface area contributed by atoms with Gasteiger partial charge in [0.2, 0.25) is 17.4 Å². The predicted molar refractivity (Wildman–Crippen MR) is 232 cm³/mol. The Hall–Kier alpha value is -6.22. The van der Waals surface area contributed by atoms with Gasteiger partial charge in [-0.1, -0.05) is 60.7 Å². The van der Waals surface area contributed by atoms with E-state index in [2.05, 4.69) is 25.8 Å². The second-order valence-electron chi connectivity index (χ2n) is 15.0. The SMILES string of the molecule is COc1cc(CNC[C@H](O)c2ccc(O)c3[nH]c(=O)ccc23)ccc1NC(=O)CCCCN(C)C(=O)CCN1CCC(OC(=O)Nc2ccccc2-c2ccccc2)CC1. The van der Waals surface area contributed by atoms with Gasteiger partial charge in [0.1, 0.15) is 17.6 Å². The molecule has 3 amide bonds. The first-order valence-electron chi connectivity index (χ1n) is 20.4. The highest BCUT2D eigenvalue weighted by Crippen LogP contribution is 2.30. The largest absolute Gasteiger partial charge is 0.506 e. The fourth-order valence-electron chi connectivity index (χ4n) is 7.38. The van der Waals surface area contributed by atoms with Crippen molar-refractivity contribution in [2.45, 2.75) is 57.3 Å². The molecular formula is C46H54N6O8. The summed E-state index contributed by atoms with van der Waals surface area (Å²) >= 11 is 0. The molecule has 6 rings (SSSR count). The van der Waals surface area contributed by atoms with Crippen molar-refractivity contribution in [3.8, 4) is 22.6 Å². The standard InChI is InChI=1S/C46H54N6O8/c1-51(44(57)23-27-52-25-21-33(22-26-52)60-46(58)49-37-13-7-6-12-34(37)32-10-4-3-5-11-32)24-9-8-14-42(55)48-38-18-15-31(28-41(38)59-2)29-47-30-40(54)35-16-19-39(53)45-36(35)17-20-43(56)50-45/h3-7,10-13,15-20,28,33,40,47,53-54H,8-9,14,21-27,29-30H2,1-2H3,(H,48,55)(H,49,58)(H,50,56)/t40-/m0/s1. The molecule has 1 atom stereocenters. The van der Waals surface area contributed by atoms with Gasteiger partial charge in [-0.15, -0.1) is 0 Å². The van der Waals surface area contributed by atoms with Crippen LogP contribution in [0.15, 0.2) is 102 Å². The number of H-pyrrole nitrogens is 1. The molecule has 14 nitrogen and oxygen atoms in total. The molecule has 1 aliphatic rings. The summed E-state index contributed by atoms with van der Waals surface area (Å²) < 4.78 is 11.3. The number of para-hydroxylation sites is 1. The van der Waals surface area contributed by atoms with Crippen molar-refractivity contribution in [1.82, 2.24) is 20.1 Å². The van der Waals surface area contributed by atoms with Crippen molar-refractivity contribution >= 4 is 40.2 Å². The first kappa shape index (κ1) is 43.4. The first-order valence-corrected chi connectivity index (χ1v) is 20.4. The fourth-order valence-corrected chi connectivity index (χ4v) is 7.38. The third kappa shape index (κ3) is 11.9. The Morgan fingerprint density at radius 2 is 1.67 bits per heavy atom. The maximum atomic E-state index is 12.9. The van der Waals surface area contributed by atoms with E-state index in [0.29, 0.717) is 86.2 Å². The number of aliphatic hydroxyl groups is 1. The number of phenolic OH excluding ortho intramolecular Hbond substituents is 1. The van der Waals surface area contributed by atoms with Crippen LogP contribution in [0.1, 0.15) is 55.8 Å². The van der Waals surface area contributed by atoms with E-state index in [0.717, 1.165) is 29.8 Å². The molecular weight excluding hydrogens is 765 g/mol. The van der Waals surface area contributed by atoms with Gasteiger partial charge in [-0.05, 0) is 72.7 Å². The lowest BCUT2D eigenvalue weighted by Crippen LogP contribution is -2.40. The molecule has 1 aliphatic heterocycles. The number of ether oxygens (including phenoxy) is 2. The molecule has 0 spiro atoms. The van der Waals surface area contributed by atoms with Gasteiger partial charge in [0.15, 0.2) is 0 Å². The van der Waals surface area contributed by atoms with Crippen LogP contribution in [-0.2, 0) is 20.9 Å². The topological polar surface area (TPSA) is 186 Å². The van der Waals surface area contributed by atoms with Crippen molar-refractivity contribution in [3.05, 3.63) is 119 Å². The molecule has 0 aliphatic carbocycles. The molecule has 1 aromatic heterocycles. The van der Waals surface area contributed by atoms with E-state index in [1.807, 2.05) is 66.7 Å². The summed E-state index contributed by atoms with van der Waals surface area (Å²) in [4.78, 5) is 56.7. The number of hydrogen-bond donors (Lipinski definition) is 6. The Bertz CT molecular complexity index is 2290. The minimum atomic E-state index is -0.897. The summed E-state index contributed by atoms with van der Waals surface area (Å²) in [7, 11) is 3.32. The minimum Gasteiger partial charge on any atom is -0.506 e. The van der Waals surface area contributed by atoms with Crippen LogP contribution >= 0.6 is 0 Å². The summed E-state index contributed by atoms with van der Waals surface area (Å²) in [5, 5.41) is 30.6. The molecule has 0 unspecified atom stereocenters. The van der Waals surface area contributed by atoms with Gasteiger partial charge >= 0.3 is 6.09 Å². The van der Waals surface area contributed by atoms with E-state index in [1.165, 1.54) is 19.2 Å². The molecule has 14 heteroatoms. The van der Waals surface area contributed by atoms with Crippen LogP contribution in [-0.4, -0.2) is 95.9 Å². The number of benzene rings is 4. The normalized spacial score (nSPS) is 13.7. The van der Waals surface area contributed by atoms with E-state index in [-0.39, 0.29) is 41.3 Å². The van der Waals surface area contributed by atoms with Crippen molar-refractivity contribution in [3.63, 3.8) is 0 Å². The summed E-state index contributed by atoms with van der Waals surface area (Å²) in [6.07, 6.45) is 1.83. The van der Waals surface area contributed by atoms with Crippen LogP contribution in [0, 0.1) is 0 Å². The molecule has 2 heterocycles. The Morgan fingerprint density at radius 3 is 2.45 bits per heavy atom. The second-order valence-corrected chi connectivity index (χ2v) is 15.0. The van der Waals surface area contributed by atoms with Crippen LogP contribution in [0.2, 0.25) is 0 Å². The number of aromatic hydroxyl groups is 1. The van der Waals surface area contributed by atoms with Gasteiger partial charge in [0.05, 0.1) is 30.1 Å². The number of methoxy groups -OCH3 is 1. The molecule has 6 N–H and O–H groups in total. The Labute approximate surface area is 349 Å². The lowest BCUT2D eigenvalue weighted by atomic mass is 10.0. The van der Waals surface area contributed by atoms with Gasteiger partial charge in [0.25, 0.3) is 0 Å². The molecule has 1 saturated heterocycles. The van der Waals surface area contributed by atoms with Crippen LogP contribution in [0.3, 0.4) is 0 Å². The maximum Gasteiger partial charge on any atom is 0.411 e. The number of piperidine rings is 1. The average Bonchev–Trinajstić information content (AvgIpc) is 3.25. The third-order valence-electron chi connectivity index (χ3n) is 10.7. The van der Waals surface area contributed by atoms with E-state index >= 15 is 0 Å². The Kier molecular flexibility index (Phi) is 15.3. The summed E-state index contributed by atoms with van der Waals surface area (Å²) in [6.45, 7) is 3.29. The molecule has 0 radical (unpaired) electrons. The molecule has 4 aromatic carbocycles. The number of amides is 3. The van der Waals surface area contributed by atoms with Gasteiger partial charge in [-0.3, -0.25) is 19.7 Å². The number of unbranched alkanes of at least 4 members (excludes halogenated alkanes) is 1. The van der Waals surface area contributed by atoms with Gasteiger partial charge in [-0.2, -0.15) is 0 Å². The molecule has 1 fully saturated rings. The van der Waals surface area contributed by atoms with Gasteiger partial charge in [-0.25, -0.2) is 4.79 Å². The second kappa shape index (κ2) is 21.2. The number of carbonyl (C=O) groups is 3. The molecule has 316 valence electrons. The quantitative estimate of drug-likeness (QED) is 0.0541. The summed E-state index contributed by atoms with van der Waals surface area (Å²) in [5.41, 5.74) is 4.57. The highest BCUT2D eigenvalue weighted by atomic mass is 16.6. The van der Waals surface area contributed by atoms with Crippen molar-refractivity contribution in [1.29, 1.82) is 0 Å². The van der Waals surface area contributed by atoms with Crippen LogP contribution < -0.4 is 26.2 Å². The zero-order valence-electron chi connectivity index (χ0n) is 34.1. The number of hydrogen-bond acceptors (Lipinski definition) is 10. The van der Waals surface area contributed by atoms with Gasteiger partial charge in [0, 0.05) is 76.2 Å². The Morgan fingerprint density at radius 1 is 0.900 bits per heavy atom. The first-order chi connectivity index (χ1) is 29.1. The lowest BCUT2D eigenvalue weighted by Gasteiger charge is -2.31. The van der Waals surface area contributed by atoms with E-state index < -0.39 is 12.2 Å². The zero-order chi connectivity index (χ0) is 42.4. The number of likely N-dealkylation sites (tertiary alicyclic amines) is 1. The molecule has 0 saturated carbocycles. The van der Waals surface area contributed by atoms with Crippen LogP contribution in [0.25, 0.3) is 22.0 Å². The fraction of sp³-hybridized carbons (Fsp3) is 0.348. The maximum absolute atomic E-state index is 12.9. The smallest absolute Gasteiger partial charge is 0.411 e. The highest BCUT2D eigenvalue weighted by Gasteiger charge is 2.24. The number of phenols is 1. The minimum absolute atomic E-state index is 0.0505. The summed E-state index contributed by atoms with van der Waals surface area (Å²) in [5.74, 6) is 0.334. The number of nitrogens with zero attached hydrogens (tertiary/aromatic N) is 2. The number of aliphatic hydroxyl groups excluding tert-OH is 1. The van der Waals surface area contributed by atoms with Crippen molar-refractivity contribution < 1.29 is 34.1 Å². The number of aromatic amines is 1. The molecule has 0 bridgehead atoms. The lowest BCUT2D eigenvalue weighted by molar-refractivity contribution is -0.130. The van der Waals surface area contributed by atoms with Crippen LogP contribution in [0.5, 0.6) is 11.5 Å². The number of nitrogens with one attached hydrogen (secondary N) is 4. The number of fused-ring (bicyclic) bond motifs is 1.